The molecule has 0 bridgehead atoms. The number of nitrogens with zero attached hydrogens (tertiary/aromatic N) is 1. The molecule has 0 saturated carbocycles. The summed E-state index contributed by atoms with van der Waals surface area (Å²) in [6, 6.07) is 5.09. The molecule has 2 heterocycles. The highest BCUT2D eigenvalue weighted by atomic mass is 35.5. The van der Waals surface area contributed by atoms with Crippen molar-refractivity contribution in [1.82, 2.24) is 9.55 Å². The molecular formula is C13H10ClFN2S2. The number of hydrogen-bond donors (Lipinski definition) is 1. The summed E-state index contributed by atoms with van der Waals surface area (Å²) in [6.07, 6.45) is 0.889. The van der Waals surface area contributed by atoms with Crippen molar-refractivity contribution in [1.29, 1.82) is 0 Å². The Bertz CT molecular complexity index is 774. The molecule has 1 aromatic carbocycles. The molecule has 0 amide bonds. The third kappa shape index (κ3) is 2.45. The lowest BCUT2D eigenvalue weighted by Crippen LogP contribution is -2.00. The predicted octanol–water partition coefficient (Wildman–Crippen LogP) is 4.80. The number of rotatable bonds is 3. The number of aryl methyl sites for hydroxylation is 2. The minimum atomic E-state index is -0.435. The first-order valence-corrected chi connectivity index (χ1v) is 7.46. The van der Waals surface area contributed by atoms with Gasteiger partial charge in [0.05, 0.1) is 16.1 Å². The van der Waals surface area contributed by atoms with Gasteiger partial charge in [-0.2, -0.15) is 11.3 Å². The van der Waals surface area contributed by atoms with E-state index < -0.39 is 5.82 Å². The van der Waals surface area contributed by atoms with Crippen LogP contribution in [0.3, 0.4) is 0 Å². The average Bonchev–Trinajstić information content (AvgIpc) is 2.96. The number of hydrogen-bond acceptors (Lipinski definition) is 2. The zero-order valence-corrected chi connectivity index (χ0v) is 12.2. The minimum Gasteiger partial charge on any atom is -0.330 e. The summed E-state index contributed by atoms with van der Waals surface area (Å²) < 4.78 is 15.9. The van der Waals surface area contributed by atoms with E-state index in [1.165, 1.54) is 11.6 Å². The maximum absolute atomic E-state index is 13.4. The molecule has 0 aliphatic carbocycles. The summed E-state index contributed by atoms with van der Waals surface area (Å²) in [5.41, 5.74) is 2.79. The van der Waals surface area contributed by atoms with Crippen molar-refractivity contribution < 1.29 is 4.39 Å². The van der Waals surface area contributed by atoms with Crippen molar-refractivity contribution in [3.8, 4) is 0 Å². The molecule has 0 aliphatic heterocycles. The summed E-state index contributed by atoms with van der Waals surface area (Å²) in [5.74, 6) is -0.435. The van der Waals surface area contributed by atoms with Gasteiger partial charge in [0.1, 0.15) is 5.82 Å². The zero-order valence-electron chi connectivity index (χ0n) is 9.82. The van der Waals surface area contributed by atoms with Crippen molar-refractivity contribution >= 4 is 46.2 Å². The summed E-state index contributed by atoms with van der Waals surface area (Å²) in [4.78, 5) is 3.01. The number of benzene rings is 1. The molecule has 1 N–H and O–H groups in total. The van der Waals surface area contributed by atoms with Crippen LogP contribution in [0.2, 0.25) is 5.02 Å². The van der Waals surface area contributed by atoms with Gasteiger partial charge >= 0.3 is 0 Å². The van der Waals surface area contributed by atoms with Crippen LogP contribution in [0.15, 0.2) is 29.0 Å². The van der Waals surface area contributed by atoms with Gasteiger partial charge in [0, 0.05) is 12.6 Å². The van der Waals surface area contributed by atoms with Crippen molar-refractivity contribution in [2.24, 2.45) is 0 Å². The standard InChI is InChI=1S/C13H10ClFN2S2/c14-9-5-12-11(6-10(9)15)16-13(18)17(12)3-1-8-2-4-19-7-8/h2,4-7H,1,3H2,(H,16,18). The topological polar surface area (TPSA) is 20.7 Å². The van der Waals surface area contributed by atoms with Gasteiger partial charge in [0.15, 0.2) is 4.77 Å². The highest BCUT2D eigenvalue weighted by molar-refractivity contribution is 7.71. The third-order valence-electron chi connectivity index (χ3n) is 3.02. The van der Waals surface area contributed by atoms with Crippen LogP contribution in [0.4, 0.5) is 4.39 Å². The number of aromatic amines is 1. The Morgan fingerprint density at radius 1 is 1.42 bits per heavy atom. The van der Waals surface area contributed by atoms with Gasteiger partial charge in [-0.1, -0.05) is 11.6 Å². The van der Waals surface area contributed by atoms with Crippen LogP contribution < -0.4 is 0 Å². The van der Waals surface area contributed by atoms with Gasteiger partial charge < -0.3 is 9.55 Å². The van der Waals surface area contributed by atoms with E-state index in [0.29, 0.717) is 10.3 Å². The van der Waals surface area contributed by atoms with Crippen molar-refractivity contribution in [2.75, 3.05) is 0 Å². The highest BCUT2D eigenvalue weighted by Gasteiger charge is 2.09. The summed E-state index contributed by atoms with van der Waals surface area (Å²) in [5, 5.41) is 4.28. The van der Waals surface area contributed by atoms with Crippen molar-refractivity contribution in [2.45, 2.75) is 13.0 Å². The average molecular weight is 313 g/mol. The molecule has 2 aromatic heterocycles. The molecule has 0 saturated heterocycles. The van der Waals surface area contributed by atoms with Gasteiger partial charge in [0.25, 0.3) is 0 Å². The van der Waals surface area contributed by atoms with E-state index in [-0.39, 0.29) is 5.02 Å². The second kappa shape index (κ2) is 5.07. The highest BCUT2D eigenvalue weighted by Crippen LogP contribution is 2.23. The van der Waals surface area contributed by atoms with Crippen LogP contribution in [0.5, 0.6) is 0 Å². The monoisotopic (exact) mass is 312 g/mol. The number of thiophene rings is 1. The summed E-state index contributed by atoms with van der Waals surface area (Å²) in [7, 11) is 0. The fourth-order valence-corrected chi connectivity index (χ4v) is 3.21. The first-order chi connectivity index (χ1) is 9.15. The Kier molecular flexibility index (Phi) is 3.43. The largest absolute Gasteiger partial charge is 0.330 e. The number of H-pyrrole nitrogens is 1. The van der Waals surface area contributed by atoms with E-state index in [1.54, 1.807) is 17.4 Å². The molecule has 19 heavy (non-hydrogen) atoms. The molecule has 0 atom stereocenters. The van der Waals surface area contributed by atoms with E-state index in [9.17, 15) is 4.39 Å². The lowest BCUT2D eigenvalue weighted by molar-refractivity contribution is 0.629. The molecule has 0 unspecified atom stereocenters. The normalized spacial score (nSPS) is 11.3. The fraction of sp³-hybridized carbons (Fsp3) is 0.154. The van der Waals surface area contributed by atoms with Crippen LogP contribution in [0, 0.1) is 10.6 Å². The molecular weight excluding hydrogens is 303 g/mol. The minimum absolute atomic E-state index is 0.116. The Labute approximate surface area is 123 Å². The van der Waals surface area contributed by atoms with E-state index in [2.05, 4.69) is 21.8 Å². The van der Waals surface area contributed by atoms with Crippen LogP contribution in [0.25, 0.3) is 11.0 Å². The molecule has 0 spiro atoms. The third-order valence-corrected chi connectivity index (χ3v) is 4.36. The molecule has 3 aromatic rings. The molecule has 0 aliphatic rings. The number of nitrogens with one attached hydrogen (secondary N) is 1. The molecule has 0 fully saturated rings. The Hall–Kier alpha value is -1.17. The van der Waals surface area contributed by atoms with Gasteiger partial charge in [-0.15, -0.1) is 0 Å². The lowest BCUT2D eigenvalue weighted by atomic mass is 10.2. The van der Waals surface area contributed by atoms with Gasteiger partial charge in [-0.05, 0) is 47.1 Å². The molecule has 6 heteroatoms. The van der Waals surface area contributed by atoms with Crippen LogP contribution >= 0.6 is 35.2 Å². The van der Waals surface area contributed by atoms with Gasteiger partial charge in [0.2, 0.25) is 0 Å². The Balaban J connectivity index is 2.00. The van der Waals surface area contributed by atoms with Crippen LogP contribution in [-0.4, -0.2) is 9.55 Å². The smallest absolute Gasteiger partial charge is 0.178 e. The number of aromatic nitrogens is 2. The SMILES string of the molecule is Fc1cc2[nH]c(=S)n(CCc3ccsc3)c2cc1Cl. The van der Waals surface area contributed by atoms with Crippen LogP contribution in [-0.2, 0) is 13.0 Å². The van der Waals surface area contributed by atoms with E-state index in [4.69, 9.17) is 23.8 Å². The first-order valence-electron chi connectivity index (χ1n) is 5.74. The molecule has 2 nitrogen and oxygen atoms in total. The zero-order chi connectivity index (χ0) is 13.4. The quantitative estimate of drug-likeness (QED) is 0.689. The summed E-state index contributed by atoms with van der Waals surface area (Å²) in [6.45, 7) is 0.748. The fourth-order valence-electron chi connectivity index (χ4n) is 2.05. The molecule has 0 radical (unpaired) electrons. The lowest BCUT2D eigenvalue weighted by Gasteiger charge is -2.04. The first kappa shape index (κ1) is 12.8. The van der Waals surface area contributed by atoms with Crippen molar-refractivity contribution in [3.63, 3.8) is 0 Å². The Morgan fingerprint density at radius 2 is 2.26 bits per heavy atom. The summed E-state index contributed by atoms with van der Waals surface area (Å²) >= 11 is 12.8. The van der Waals surface area contributed by atoms with Crippen LogP contribution in [0.1, 0.15) is 5.56 Å². The van der Waals surface area contributed by atoms with Gasteiger partial charge in [-0.3, -0.25) is 0 Å². The molecule has 98 valence electrons. The number of fused-ring (bicyclic) bond motifs is 1. The van der Waals surface area contributed by atoms with Crippen molar-refractivity contribution in [3.05, 3.63) is 50.1 Å². The van der Waals surface area contributed by atoms with E-state index in [1.807, 2.05) is 4.57 Å². The van der Waals surface area contributed by atoms with E-state index >= 15 is 0 Å². The van der Waals surface area contributed by atoms with Gasteiger partial charge in [-0.25, -0.2) is 4.39 Å². The second-order valence-corrected chi connectivity index (χ2v) is 5.82. The maximum Gasteiger partial charge on any atom is 0.178 e. The predicted molar refractivity (Wildman–Crippen MR) is 80.1 cm³/mol. The number of halogens is 2. The Morgan fingerprint density at radius 3 is 3.00 bits per heavy atom. The second-order valence-electron chi connectivity index (χ2n) is 4.25. The maximum atomic E-state index is 13.4. The van der Waals surface area contributed by atoms with E-state index in [0.717, 1.165) is 18.5 Å². The molecule has 3 rings (SSSR count). The number of imidazole rings is 1.